The Morgan fingerprint density at radius 1 is 1.30 bits per heavy atom. The quantitative estimate of drug-likeness (QED) is 0.734. The van der Waals surface area contributed by atoms with Gasteiger partial charge in [0.05, 0.1) is 11.3 Å². The first-order valence-electron chi connectivity index (χ1n) is 6.54. The zero-order chi connectivity index (χ0) is 14.2. The first kappa shape index (κ1) is 14.9. The summed E-state index contributed by atoms with van der Waals surface area (Å²) in [5, 5.41) is 13.0. The van der Waals surface area contributed by atoms with Gasteiger partial charge in [0.25, 0.3) is 0 Å². The van der Waals surface area contributed by atoms with E-state index in [1.54, 1.807) is 18.4 Å². The fraction of sp³-hybridized carbons (Fsp3) is 0.333. The third kappa shape index (κ3) is 4.89. The van der Waals surface area contributed by atoms with Gasteiger partial charge in [-0.2, -0.15) is 0 Å². The molecule has 0 radical (unpaired) electrons. The Labute approximate surface area is 123 Å². The summed E-state index contributed by atoms with van der Waals surface area (Å²) >= 11 is 5.84. The minimum Gasteiger partial charge on any atom is -0.506 e. The molecule has 5 heteroatoms. The van der Waals surface area contributed by atoms with E-state index in [1.807, 2.05) is 18.2 Å². The van der Waals surface area contributed by atoms with E-state index in [4.69, 9.17) is 20.8 Å². The summed E-state index contributed by atoms with van der Waals surface area (Å²) in [7, 11) is 0. The first-order valence-corrected chi connectivity index (χ1v) is 6.92. The van der Waals surface area contributed by atoms with Crippen LogP contribution in [0.2, 0.25) is 5.02 Å². The molecule has 2 N–H and O–H groups in total. The zero-order valence-electron chi connectivity index (χ0n) is 11.1. The topological polar surface area (TPSA) is 54.6 Å². The molecule has 1 aromatic carbocycles. The maximum Gasteiger partial charge on any atom is 0.134 e. The Morgan fingerprint density at radius 2 is 2.20 bits per heavy atom. The highest BCUT2D eigenvalue weighted by atomic mass is 35.5. The monoisotopic (exact) mass is 295 g/mol. The van der Waals surface area contributed by atoms with E-state index in [9.17, 15) is 5.11 Å². The van der Waals surface area contributed by atoms with Crippen molar-refractivity contribution in [3.8, 4) is 5.75 Å². The normalized spacial score (nSPS) is 10.8. The first-order chi connectivity index (χ1) is 9.75. The summed E-state index contributed by atoms with van der Waals surface area (Å²) in [6.07, 6.45) is 2.57. The van der Waals surface area contributed by atoms with Crippen molar-refractivity contribution >= 4 is 11.6 Å². The molecule has 0 fully saturated rings. The molecule has 0 aliphatic rings. The number of phenolic OH excluding ortho intramolecular Hbond substituents is 1. The van der Waals surface area contributed by atoms with Crippen LogP contribution in [0.4, 0.5) is 0 Å². The van der Waals surface area contributed by atoms with Crippen molar-refractivity contribution in [1.29, 1.82) is 0 Å². The van der Waals surface area contributed by atoms with Crippen molar-refractivity contribution in [3.63, 3.8) is 0 Å². The average molecular weight is 296 g/mol. The highest BCUT2D eigenvalue weighted by Gasteiger charge is 2.00. The molecule has 0 saturated heterocycles. The molecule has 108 valence electrons. The van der Waals surface area contributed by atoms with Crippen LogP contribution in [-0.2, 0) is 17.9 Å². The summed E-state index contributed by atoms with van der Waals surface area (Å²) in [6.45, 7) is 2.78. The number of rotatable bonds is 8. The van der Waals surface area contributed by atoms with Gasteiger partial charge in [0.15, 0.2) is 0 Å². The van der Waals surface area contributed by atoms with E-state index in [0.717, 1.165) is 30.8 Å². The molecule has 0 atom stereocenters. The van der Waals surface area contributed by atoms with Crippen molar-refractivity contribution in [2.24, 2.45) is 0 Å². The molecular formula is C15H18ClNO3. The van der Waals surface area contributed by atoms with Crippen molar-refractivity contribution in [3.05, 3.63) is 52.9 Å². The lowest BCUT2D eigenvalue weighted by atomic mass is 10.2. The van der Waals surface area contributed by atoms with Crippen molar-refractivity contribution in [2.75, 3.05) is 13.2 Å². The highest BCUT2D eigenvalue weighted by Crippen LogP contribution is 2.23. The number of ether oxygens (including phenoxy) is 1. The lowest BCUT2D eigenvalue weighted by Gasteiger charge is -2.06. The third-order valence-electron chi connectivity index (χ3n) is 2.81. The van der Waals surface area contributed by atoms with Crippen LogP contribution in [-0.4, -0.2) is 18.3 Å². The number of aromatic hydroxyl groups is 1. The minimum atomic E-state index is 0.113. The smallest absolute Gasteiger partial charge is 0.134 e. The van der Waals surface area contributed by atoms with Gasteiger partial charge in [0.1, 0.15) is 18.1 Å². The fourth-order valence-electron chi connectivity index (χ4n) is 1.76. The summed E-state index contributed by atoms with van der Waals surface area (Å²) < 4.78 is 10.6. The molecule has 0 saturated carbocycles. The molecule has 0 spiro atoms. The molecule has 2 aromatic rings. The van der Waals surface area contributed by atoms with Crippen LogP contribution in [0.25, 0.3) is 0 Å². The van der Waals surface area contributed by atoms with Crippen LogP contribution in [0.3, 0.4) is 0 Å². The molecule has 0 amide bonds. The van der Waals surface area contributed by atoms with Gasteiger partial charge in [0.2, 0.25) is 0 Å². The number of hydrogen-bond donors (Lipinski definition) is 2. The van der Waals surface area contributed by atoms with E-state index in [0.29, 0.717) is 18.2 Å². The molecule has 1 aromatic heterocycles. The molecule has 1 heterocycles. The molecule has 0 unspecified atom stereocenters. The van der Waals surface area contributed by atoms with E-state index >= 15 is 0 Å². The molecule has 20 heavy (non-hydrogen) atoms. The van der Waals surface area contributed by atoms with Crippen molar-refractivity contribution in [1.82, 2.24) is 5.32 Å². The van der Waals surface area contributed by atoms with Gasteiger partial charge < -0.3 is 19.6 Å². The predicted octanol–water partition coefficient (Wildman–Crippen LogP) is 3.34. The van der Waals surface area contributed by atoms with E-state index in [-0.39, 0.29) is 5.75 Å². The van der Waals surface area contributed by atoms with Gasteiger partial charge in [-0.15, -0.1) is 0 Å². The molecule has 2 rings (SSSR count). The van der Waals surface area contributed by atoms with Crippen LogP contribution >= 0.6 is 11.6 Å². The fourth-order valence-corrected chi connectivity index (χ4v) is 1.96. The zero-order valence-corrected chi connectivity index (χ0v) is 11.9. The van der Waals surface area contributed by atoms with E-state index < -0.39 is 0 Å². The minimum absolute atomic E-state index is 0.113. The highest BCUT2D eigenvalue weighted by molar-refractivity contribution is 6.32. The van der Waals surface area contributed by atoms with Crippen molar-refractivity contribution in [2.45, 2.75) is 19.6 Å². The van der Waals surface area contributed by atoms with Gasteiger partial charge in [-0.25, -0.2) is 0 Å². The molecule has 0 aliphatic heterocycles. The van der Waals surface area contributed by atoms with Gasteiger partial charge in [0, 0.05) is 13.2 Å². The van der Waals surface area contributed by atoms with Gasteiger partial charge in [-0.3, -0.25) is 0 Å². The largest absolute Gasteiger partial charge is 0.506 e. The summed E-state index contributed by atoms with van der Waals surface area (Å²) in [5.74, 6) is 0.957. The lowest BCUT2D eigenvalue weighted by molar-refractivity contribution is 0.104. The number of furan rings is 1. The Morgan fingerprint density at radius 3 is 2.95 bits per heavy atom. The molecule has 4 nitrogen and oxygen atoms in total. The molecule has 0 aliphatic carbocycles. The van der Waals surface area contributed by atoms with Gasteiger partial charge in [-0.1, -0.05) is 17.7 Å². The Hall–Kier alpha value is -1.49. The number of hydrogen-bond acceptors (Lipinski definition) is 4. The predicted molar refractivity (Wildman–Crippen MR) is 77.8 cm³/mol. The maximum absolute atomic E-state index is 9.31. The maximum atomic E-state index is 9.31. The summed E-state index contributed by atoms with van der Waals surface area (Å²) in [4.78, 5) is 0. The summed E-state index contributed by atoms with van der Waals surface area (Å²) in [5.41, 5.74) is 1.05. The number of phenols is 1. The second kappa shape index (κ2) is 7.94. The Balaban J connectivity index is 1.54. The Kier molecular flexibility index (Phi) is 5.92. The second-order valence-electron chi connectivity index (χ2n) is 4.45. The SMILES string of the molecule is Oc1ccc(CNCCCOCc2ccco2)cc1Cl. The summed E-state index contributed by atoms with van der Waals surface area (Å²) in [6, 6.07) is 8.96. The Bertz CT molecular complexity index is 514. The lowest BCUT2D eigenvalue weighted by Crippen LogP contribution is -2.16. The van der Waals surface area contributed by atoms with Gasteiger partial charge >= 0.3 is 0 Å². The van der Waals surface area contributed by atoms with E-state index in [1.165, 1.54) is 0 Å². The number of halogens is 1. The van der Waals surface area contributed by atoms with Crippen LogP contribution in [0.1, 0.15) is 17.7 Å². The number of benzene rings is 1. The second-order valence-corrected chi connectivity index (χ2v) is 4.86. The van der Waals surface area contributed by atoms with Crippen LogP contribution in [0, 0.1) is 0 Å². The van der Waals surface area contributed by atoms with Gasteiger partial charge in [-0.05, 0) is 42.8 Å². The van der Waals surface area contributed by atoms with Crippen LogP contribution in [0.15, 0.2) is 41.0 Å². The van der Waals surface area contributed by atoms with Crippen LogP contribution in [0.5, 0.6) is 5.75 Å². The van der Waals surface area contributed by atoms with E-state index in [2.05, 4.69) is 5.32 Å². The average Bonchev–Trinajstić information content (AvgIpc) is 2.95. The molecule has 0 bridgehead atoms. The third-order valence-corrected chi connectivity index (χ3v) is 3.11. The standard InChI is InChI=1S/C15H18ClNO3/c16-14-9-12(4-5-15(14)18)10-17-6-2-7-19-11-13-3-1-8-20-13/h1,3-5,8-9,17-18H,2,6-7,10-11H2. The van der Waals surface area contributed by atoms with Crippen molar-refractivity contribution < 1.29 is 14.3 Å². The van der Waals surface area contributed by atoms with Crippen LogP contribution < -0.4 is 5.32 Å². The number of nitrogens with one attached hydrogen (secondary N) is 1. The molecular weight excluding hydrogens is 278 g/mol.